The molecule has 0 saturated carbocycles. The minimum atomic E-state index is -0.530. The Morgan fingerprint density at radius 1 is 1.36 bits per heavy atom. The largest absolute Gasteiger partial charge is 0.444 e. The van der Waals surface area contributed by atoms with Crippen molar-refractivity contribution in [2.24, 2.45) is 0 Å². The van der Waals surface area contributed by atoms with Crippen molar-refractivity contribution in [1.82, 2.24) is 4.90 Å². The van der Waals surface area contributed by atoms with E-state index in [-0.39, 0.29) is 11.3 Å². The zero-order valence-electron chi connectivity index (χ0n) is 13.1. The molecular formula is C16H21ClN2O3. The van der Waals surface area contributed by atoms with Crippen LogP contribution in [0.25, 0.3) is 0 Å². The highest BCUT2D eigenvalue weighted by atomic mass is 35.5. The number of ether oxygens (including phenoxy) is 1. The SMILES string of the molecule is CC(C)(C)OC(=O)Nc1ccc(CN2CC(Cl)CC2=O)cc1. The van der Waals surface area contributed by atoms with Gasteiger partial charge >= 0.3 is 6.09 Å². The minimum absolute atomic E-state index is 0.0796. The van der Waals surface area contributed by atoms with Crippen molar-refractivity contribution in [1.29, 1.82) is 0 Å². The molecule has 0 spiro atoms. The first-order valence-electron chi connectivity index (χ1n) is 7.24. The van der Waals surface area contributed by atoms with Crippen LogP contribution in [0.5, 0.6) is 0 Å². The molecule has 0 bridgehead atoms. The number of nitrogens with one attached hydrogen (secondary N) is 1. The average Bonchev–Trinajstić information content (AvgIpc) is 2.68. The molecule has 0 radical (unpaired) electrons. The number of benzene rings is 1. The highest BCUT2D eigenvalue weighted by Crippen LogP contribution is 2.20. The predicted octanol–water partition coefficient (Wildman–Crippen LogP) is 3.37. The van der Waals surface area contributed by atoms with Gasteiger partial charge < -0.3 is 9.64 Å². The Balaban J connectivity index is 1.90. The van der Waals surface area contributed by atoms with Crippen LogP contribution in [0.15, 0.2) is 24.3 Å². The molecule has 1 aliphatic rings. The second-order valence-corrected chi connectivity index (χ2v) is 7.02. The third-order valence-electron chi connectivity index (χ3n) is 3.14. The van der Waals surface area contributed by atoms with Gasteiger partial charge in [-0.25, -0.2) is 4.79 Å². The number of likely N-dealkylation sites (tertiary alicyclic amines) is 1. The van der Waals surface area contributed by atoms with Crippen LogP contribution in [-0.2, 0) is 16.1 Å². The molecule has 6 heteroatoms. The van der Waals surface area contributed by atoms with Crippen molar-refractivity contribution in [3.8, 4) is 0 Å². The van der Waals surface area contributed by atoms with E-state index in [1.54, 1.807) is 17.0 Å². The minimum Gasteiger partial charge on any atom is -0.444 e. The Morgan fingerprint density at radius 3 is 2.50 bits per heavy atom. The van der Waals surface area contributed by atoms with Crippen molar-refractivity contribution in [2.75, 3.05) is 11.9 Å². The molecule has 0 aliphatic carbocycles. The fourth-order valence-corrected chi connectivity index (χ4v) is 2.51. The van der Waals surface area contributed by atoms with Crippen LogP contribution in [0.4, 0.5) is 10.5 Å². The Kier molecular flexibility index (Phi) is 4.96. The lowest BCUT2D eigenvalue weighted by Crippen LogP contribution is -2.27. The smallest absolute Gasteiger partial charge is 0.412 e. The van der Waals surface area contributed by atoms with Crippen LogP contribution < -0.4 is 5.32 Å². The maximum atomic E-state index is 11.7. The third kappa shape index (κ3) is 4.91. The summed E-state index contributed by atoms with van der Waals surface area (Å²) in [7, 11) is 0. The summed E-state index contributed by atoms with van der Waals surface area (Å²) in [6, 6.07) is 7.33. The van der Waals surface area contributed by atoms with Crippen molar-refractivity contribution < 1.29 is 14.3 Å². The third-order valence-corrected chi connectivity index (χ3v) is 3.43. The summed E-state index contributed by atoms with van der Waals surface area (Å²) in [5.41, 5.74) is 1.12. The van der Waals surface area contributed by atoms with E-state index >= 15 is 0 Å². The highest BCUT2D eigenvalue weighted by molar-refractivity contribution is 6.22. The van der Waals surface area contributed by atoms with Crippen molar-refractivity contribution in [2.45, 2.75) is 44.7 Å². The predicted molar refractivity (Wildman–Crippen MR) is 86.0 cm³/mol. The maximum Gasteiger partial charge on any atom is 0.412 e. The maximum absolute atomic E-state index is 11.7. The van der Waals surface area contributed by atoms with E-state index in [1.165, 1.54) is 0 Å². The number of alkyl halides is 1. The lowest BCUT2D eigenvalue weighted by molar-refractivity contribution is -0.128. The number of anilines is 1. The van der Waals surface area contributed by atoms with Gasteiger partial charge in [-0.15, -0.1) is 11.6 Å². The fraction of sp³-hybridized carbons (Fsp3) is 0.500. The zero-order chi connectivity index (χ0) is 16.3. The summed E-state index contributed by atoms with van der Waals surface area (Å²) >= 11 is 5.98. The van der Waals surface area contributed by atoms with E-state index in [0.717, 1.165) is 5.56 Å². The molecule has 1 saturated heterocycles. The molecule has 1 aliphatic heterocycles. The van der Waals surface area contributed by atoms with E-state index < -0.39 is 11.7 Å². The normalized spacial score (nSPS) is 18.5. The molecule has 2 rings (SSSR count). The first-order valence-corrected chi connectivity index (χ1v) is 7.67. The molecule has 5 nitrogen and oxygen atoms in total. The lowest BCUT2D eigenvalue weighted by Gasteiger charge is -2.20. The van der Waals surface area contributed by atoms with Gasteiger partial charge in [0.25, 0.3) is 0 Å². The number of rotatable bonds is 3. The molecule has 0 aromatic heterocycles. The van der Waals surface area contributed by atoms with Crippen molar-refractivity contribution >= 4 is 29.3 Å². The number of hydrogen-bond donors (Lipinski definition) is 1. The summed E-state index contributed by atoms with van der Waals surface area (Å²) in [4.78, 5) is 25.1. The van der Waals surface area contributed by atoms with Crippen LogP contribution in [0.3, 0.4) is 0 Å². The quantitative estimate of drug-likeness (QED) is 0.867. The number of carbonyl (C=O) groups is 2. The van der Waals surface area contributed by atoms with Gasteiger partial charge in [-0.3, -0.25) is 10.1 Å². The average molecular weight is 325 g/mol. The molecule has 1 fully saturated rings. The van der Waals surface area contributed by atoms with Gasteiger partial charge in [0.1, 0.15) is 5.60 Å². The van der Waals surface area contributed by atoms with Gasteiger partial charge in [0.2, 0.25) is 5.91 Å². The van der Waals surface area contributed by atoms with Crippen LogP contribution in [0, 0.1) is 0 Å². The highest BCUT2D eigenvalue weighted by Gasteiger charge is 2.27. The van der Waals surface area contributed by atoms with E-state index in [9.17, 15) is 9.59 Å². The van der Waals surface area contributed by atoms with E-state index in [2.05, 4.69) is 5.32 Å². The summed E-state index contributed by atoms with van der Waals surface area (Å²) < 4.78 is 5.19. The molecule has 1 heterocycles. The van der Waals surface area contributed by atoms with Gasteiger partial charge in [0.15, 0.2) is 0 Å². The first-order chi connectivity index (χ1) is 10.2. The van der Waals surface area contributed by atoms with Gasteiger partial charge in [-0.05, 0) is 38.5 Å². The molecule has 1 unspecified atom stereocenters. The van der Waals surface area contributed by atoms with Gasteiger partial charge in [0.05, 0.1) is 5.38 Å². The second-order valence-electron chi connectivity index (χ2n) is 6.40. The lowest BCUT2D eigenvalue weighted by atomic mass is 10.2. The standard InChI is InChI=1S/C16H21ClN2O3/c1-16(2,3)22-15(21)18-13-6-4-11(5-7-13)9-19-10-12(17)8-14(19)20/h4-7,12H,8-10H2,1-3H3,(H,18,21). The summed E-state index contributed by atoms with van der Waals surface area (Å²) in [5.74, 6) is 0.0796. The van der Waals surface area contributed by atoms with Gasteiger partial charge in [0, 0.05) is 25.2 Å². The van der Waals surface area contributed by atoms with E-state index in [0.29, 0.717) is 25.2 Å². The topological polar surface area (TPSA) is 58.6 Å². The molecule has 1 aromatic carbocycles. The summed E-state index contributed by atoms with van der Waals surface area (Å²) in [5, 5.41) is 2.58. The zero-order valence-corrected chi connectivity index (χ0v) is 13.8. The number of halogens is 1. The Hall–Kier alpha value is -1.75. The van der Waals surface area contributed by atoms with E-state index in [1.807, 2.05) is 32.9 Å². The fourth-order valence-electron chi connectivity index (χ4n) is 2.21. The van der Waals surface area contributed by atoms with E-state index in [4.69, 9.17) is 16.3 Å². The van der Waals surface area contributed by atoms with Crippen molar-refractivity contribution in [3.05, 3.63) is 29.8 Å². The van der Waals surface area contributed by atoms with Crippen molar-refractivity contribution in [3.63, 3.8) is 0 Å². The number of amides is 2. The molecule has 2 amide bonds. The summed E-state index contributed by atoms with van der Waals surface area (Å²) in [6.07, 6.45) is -0.0835. The molecular weight excluding hydrogens is 304 g/mol. The van der Waals surface area contributed by atoms with Crippen LogP contribution >= 0.6 is 11.6 Å². The van der Waals surface area contributed by atoms with Crippen LogP contribution in [-0.4, -0.2) is 34.4 Å². The number of hydrogen-bond acceptors (Lipinski definition) is 3. The number of carbonyl (C=O) groups excluding carboxylic acids is 2. The summed E-state index contributed by atoms with van der Waals surface area (Å²) in [6.45, 7) is 6.56. The Morgan fingerprint density at radius 2 is 2.00 bits per heavy atom. The van der Waals surface area contributed by atoms with Crippen LogP contribution in [0.1, 0.15) is 32.8 Å². The number of nitrogens with zero attached hydrogens (tertiary/aromatic N) is 1. The monoisotopic (exact) mass is 324 g/mol. The second kappa shape index (κ2) is 6.57. The van der Waals surface area contributed by atoms with Gasteiger partial charge in [-0.1, -0.05) is 12.1 Å². The molecule has 22 heavy (non-hydrogen) atoms. The first kappa shape index (κ1) is 16.6. The Labute approximate surface area is 135 Å². The van der Waals surface area contributed by atoms with Crippen LogP contribution in [0.2, 0.25) is 0 Å². The molecule has 1 aromatic rings. The molecule has 1 atom stereocenters. The molecule has 1 N–H and O–H groups in total. The molecule has 120 valence electrons. The van der Waals surface area contributed by atoms with Gasteiger partial charge in [-0.2, -0.15) is 0 Å². The Bertz CT molecular complexity index is 552.